The fourth-order valence-corrected chi connectivity index (χ4v) is 8.69. The highest BCUT2D eigenvalue weighted by atomic mass is 35.5. The van der Waals surface area contributed by atoms with Crippen molar-refractivity contribution in [3.63, 3.8) is 0 Å². The van der Waals surface area contributed by atoms with E-state index in [2.05, 4.69) is 29.6 Å². The SMILES string of the molecule is CCCN(CCOc1c(Cl)cc(Cl)cc1Cl)C(=O)n1ccnc1.C[Si](C)(C)c1ncc(C2(O)CCC3(CC2)OCCO3)s1. The van der Waals surface area contributed by atoms with Crippen LogP contribution < -0.4 is 9.37 Å². The molecule has 14 heteroatoms. The maximum absolute atomic E-state index is 12.3. The molecular formula is C29H39Cl3N4O5SSi. The molecule has 1 aliphatic heterocycles. The third-order valence-corrected chi connectivity index (χ3v) is 12.7. The fraction of sp³-hybridized carbons (Fsp3) is 0.552. The van der Waals surface area contributed by atoms with E-state index in [1.54, 1.807) is 40.8 Å². The Morgan fingerprint density at radius 3 is 2.30 bits per heavy atom. The predicted octanol–water partition coefficient (Wildman–Crippen LogP) is 6.80. The van der Waals surface area contributed by atoms with Gasteiger partial charge in [-0.2, -0.15) is 0 Å². The van der Waals surface area contributed by atoms with E-state index in [9.17, 15) is 9.90 Å². The van der Waals surface area contributed by atoms with Gasteiger partial charge < -0.3 is 24.2 Å². The van der Waals surface area contributed by atoms with E-state index in [4.69, 9.17) is 49.0 Å². The summed E-state index contributed by atoms with van der Waals surface area (Å²) in [5.74, 6) is -0.0531. The Labute approximate surface area is 273 Å². The third kappa shape index (κ3) is 8.73. The lowest BCUT2D eigenvalue weighted by Crippen LogP contribution is -2.41. The fourth-order valence-electron chi connectivity index (χ4n) is 4.95. The van der Waals surface area contributed by atoms with Gasteiger partial charge in [0.2, 0.25) is 0 Å². The molecule has 43 heavy (non-hydrogen) atoms. The standard InChI is InChI=1S/C15H16Cl3N3O2.C14H23NO3SSi/c1-2-4-20(15(22)21-5-3-19-10-21)6-7-23-14-12(17)8-11(16)9-13(14)18;1-20(2,3)12-15-10-11(19-12)13(16)4-6-14(7-5-13)17-8-9-18-14/h3,5,8-10H,2,4,6-7H2,1H3;10,16H,4-9H2,1-3H3. The second-order valence-corrected chi connectivity index (χ2v) is 19.3. The topological polar surface area (TPSA) is 98.9 Å². The molecule has 1 aliphatic carbocycles. The number of imidazole rings is 1. The highest BCUT2D eigenvalue weighted by Gasteiger charge is 2.47. The summed E-state index contributed by atoms with van der Waals surface area (Å²) in [7, 11) is -1.39. The zero-order valence-corrected chi connectivity index (χ0v) is 29.0. The summed E-state index contributed by atoms with van der Waals surface area (Å²) < 4.78 is 19.7. The van der Waals surface area contributed by atoms with Crippen LogP contribution in [0.2, 0.25) is 34.7 Å². The number of nitrogens with zero attached hydrogens (tertiary/aromatic N) is 4. The van der Waals surface area contributed by atoms with Gasteiger partial charge in [0, 0.05) is 43.0 Å². The average molecular weight is 690 g/mol. The van der Waals surface area contributed by atoms with Crippen molar-refractivity contribution >= 4 is 64.9 Å². The van der Waals surface area contributed by atoms with Crippen LogP contribution in [0.25, 0.3) is 0 Å². The highest BCUT2D eigenvalue weighted by molar-refractivity contribution is 7.25. The van der Waals surface area contributed by atoms with Crippen molar-refractivity contribution in [3.05, 3.63) is 57.0 Å². The van der Waals surface area contributed by atoms with Gasteiger partial charge in [0.1, 0.15) is 26.6 Å². The largest absolute Gasteiger partial charge is 0.489 e. The van der Waals surface area contributed by atoms with Gasteiger partial charge in [-0.15, -0.1) is 11.3 Å². The van der Waals surface area contributed by atoms with Gasteiger partial charge in [-0.05, 0) is 31.4 Å². The van der Waals surface area contributed by atoms with E-state index < -0.39 is 19.5 Å². The lowest BCUT2D eigenvalue weighted by molar-refractivity contribution is -0.203. The number of hydrogen-bond acceptors (Lipinski definition) is 8. The van der Waals surface area contributed by atoms with Gasteiger partial charge in [0.05, 0.1) is 39.3 Å². The third-order valence-electron chi connectivity index (χ3n) is 7.32. The first-order valence-corrected chi connectivity index (χ1v) is 19.8. The molecule has 3 aromatic rings. The quantitative estimate of drug-likeness (QED) is 0.260. The van der Waals surface area contributed by atoms with Crippen LogP contribution in [0.4, 0.5) is 4.79 Å². The van der Waals surface area contributed by atoms with Gasteiger partial charge in [-0.1, -0.05) is 61.4 Å². The average Bonchev–Trinajstić information content (AvgIpc) is 3.74. The van der Waals surface area contributed by atoms with Gasteiger partial charge >= 0.3 is 6.03 Å². The highest BCUT2D eigenvalue weighted by Crippen LogP contribution is 2.45. The van der Waals surface area contributed by atoms with Crippen molar-refractivity contribution in [2.75, 3.05) is 32.9 Å². The summed E-state index contributed by atoms with van der Waals surface area (Å²) in [5.41, 5.74) is -0.740. The molecule has 1 amide bonds. The molecule has 5 rings (SSSR count). The van der Waals surface area contributed by atoms with E-state index in [-0.39, 0.29) is 12.6 Å². The van der Waals surface area contributed by atoms with E-state index >= 15 is 0 Å². The number of thiazole rings is 1. The van der Waals surface area contributed by atoms with Gasteiger partial charge in [0.15, 0.2) is 11.5 Å². The number of amides is 1. The first-order valence-electron chi connectivity index (χ1n) is 14.4. The van der Waals surface area contributed by atoms with Gasteiger partial charge in [-0.3, -0.25) is 9.55 Å². The zero-order valence-electron chi connectivity index (χ0n) is 24.9. The monoisotopic (exact) mass is 688 g/mol. The summed E-state index contributed by atoms with van der Waals surface area (Å²) in [6.07, 6.45) is 10.3. The Morgan fingerprint density at radius 1 is 1.12 bits per heavy atom. The number of carbonyl (C=O) groups excluding carboxylic acids is 1. The molecule has 9 nitrogen and oxygen atoms in total. The Morgan fingerprint density at radius 2 is 1.77 bits per heavy atom. The predicted molar refractivity (Wildman–Crippen MR) is 174 cm³/mol. The minimum atomic E-state index is -1.39. The summed E-state index contributed by atoms with van der Waals surface area (Å²) in [4.78, 5) is 23.5. The molecule has 2 aromatic heterocycles. The number of carbonyl (C=O) groups is 1. The Kier molecular flexibility index (Phi) is 11.6. The van der Waals surface area contributed by atoms with Crippen LogP contribution in [0.1, 0.15) is 43.9 Å². The number of hydrogen-bond donors (Lipinski definition) is 1. The summed E-state index contributed by atoms with van der Waals surface area (Å²) in [5, 5.41) is 12.1. The van der Waals surface area contributed by atoms with Crippen LogP contribution in [-0.4, -0.2) is 77.3 Å². The van der Waals surface area contributed by atoms with Crippen LogP contribution in [0, 0.1) is 0 Å². The maximum atomic E-state index is 12.3. The van der Waals surface area contributed by atoms with Crippen molar-refractivity contribution in [3.8, 4) is 5.75 Å². The van der Waals surface area contributed by atoms with Gasteiger partial charge in [0.25, 0.3) is 0 Å². The Bertz CT molecular complexity index is 1330. The molecule has 2 fully saturated rings. The molecule has 1 saturated carbocycles. The number of aromatic nitrogens is 3. The van der Waals surface area contributed by atoms with Crippen molar-refractivity contribution in [2.24, 2.45) is 0 Å². The Hall–Kier alpha value is -1.70. The van der Waals surface area contributed by atoms with E-state index in [1.165, 1.54) is 15.5 Å². The van der Waals surface area contributed by atoms with E-state index in [0.29, 0.717) is 60.0 Å². The van der Waals surface area contributed by atoms with Crippen LogP contribution in [-0.2, 0) is 15.1 Å². The summed E-state index contributed by atoms with van der Waals surface area (Å²) in [6.45, 7) is 11.5. The van der Waals surface area contributed by atoms with Crippen molar-refractivity contribution < 1.29 is 24.1 Å². The van der Waals surface area contributed by atoms with Crippen molar-refractivity contribution in [1.82, 2.24) is 19.4 Å². The molecule has 0 atom stereocenters. The molecule has 1 saturated heterocycles. The first-order chi connectivity index (χ1) is 20.4. The number of benzene rings is 1. The molecule has 236 valence electrons. The number of rotatable bonds is 8. The molecule has 0 bridgehead atoms. The van der Waals surface area contributed by atoms with Crippen LogP contribution in [0.5, 0.6) is 5.75 Å². The number of halogens is 3. The smallest absolute Gasteiger partial charge is 0.329 e. The first kappa shape index (κ1) is 34.2. The minimum absolute atomic E-state index is 0.152. The Balaban J connectivity index is 0.000000198. The van der Waals surface area contributed by atoms with Crippen LogP contribution in [0.3, 0.4) is 0 Å². The van der Waals surface area contributed by atoms with E-state index in [1.807, 2.05) is 13.1 Å². The second-order valence-electron chi connectivity index (χ2n) is 11.7. The number of aliphatic hydroxyl groups is 1. The molecule has 1 spiro atoms. The molecular weight excluding hydrogens is 651 g/mol. The second kappa shape index (κ2) is 14.6. The minimum Gasteiger partial charge on any atom is -0.489 e. The molecule has 1 N–H and O–H groups in total. The molecule has 1 aromatic carbocycles. The number of ether oxygens (including phenoxy) is 3. The lowest BCUT2D eigenvalue weighted by Gasteiger charge is -2.39. The van der Waals surface area contributed by atoms with Crippen LogP contribution in [0.15, 0.2) is 37.1 Å². The molecule has 3 heterocycles. The zero-order chi connectivity index (χ0) is 31.3. The lowest BCUT2D eigenvalue weighted by atomic mass is 9.80. The molecule has 0 radical (unpaired) electrons. The summed E-state index contributed by atoms with van der Waals surface area (Å²) in [6, 6.07) is 2.97. The maximum Gasteiger partial charge on any atom is 0.329 e. The normalized spacial score (nSPS) is 17.4. The van der Waals surface area contributed by atoms with Crippen molar-refractivity contribution in [1.29, 1.82) is 0 Å². The van der Waals surface area contributed by atoms with Gasteiger partial charge in [-0.25, -0.2) is 9.78 Å². The molecule has 0 unspecified atom stereocenters. The van der Waals surface area contributed by atoms with Crippen molar-refractivity contribution in [2.45, 2.75) is 70.1 Å². The summed E-state index contributed by atoms with van der Waals surface area (Å²) >= 11 is 19.7. The molecule has 2 aliphatic rings. The van der Waals surface area contributed by atoms with Crippen LogP contribution >= 0.6 is 46.1 Å². The van der Waals surface area contributed by atoms with E-state index in [0.717, 1.165) is 24.1 Å².